The molecule has 2 aromatic carbocycles. The fraction of sp³-hybridized carbons (Fsp3) is 0.111. The van der Waals surface area contributed by atoms with E-state index in [2.05, 4.69) is 26.2 Å². The van der Waals surface area contributed by atoms with Gasteiger partial charge >= 0.3 is 0 Å². The zero-order valence-corrected chi connectivity index (χ0v) is 14.0. The number of hydrogen-bond donors (Lipinski definition) is 0. The van der Waals surface area contributed by atoms with Gasteiger partial charge in [-0.1, -0.05) is 29.8 Å². The fourth-order valence-corrected chi connectivity index (χ4v) is 3.22. The average Bonchev–Trinajstić information content (AvgIpc) is 3.04. The lowest BCUT2D eigenvalue weighted by Gasteiger charge is -2.03. The Labute approximate surface area is 143 Å². The molecule has 0 saturated carbocycles. The maximum Gasteiger partial charge on any atom is 0.283 e. The molecule has 0 aliphatic carbocycles. The summed E-state index contributed by atoms with van der Waals surface area (Å²) in [6, 6.07) is 14.0. The van der Waals surface area contributed by atoms with Crippen LogP contribution >= 0.6 is 11.8 Å². The summed E-state index contributed by atoms with van der Waals surface area (Å²) < 4.78 is 5.81. The number of fused-ring (bicyclic) bond motifs is 1. The molecule has 118 valence electrons. The lowest BCUT2D eigenvalue weighted by molar-refractivity contribution is 0.465. The Kier molecular flexibility index (Phi) is 3.74. The van der Waals surface area contributed by atoms with Gasteiger partial charge in [0.2, 0.25) is 5.89 Å². The van der Waals surface area contributed by atoms with E-state index in [1.54, 1.807) is 6.33 Å². The first-order valence-electron chi connectivity index (χ1n) is 7.49. The number of rotatable bonds is 3. The molecule has 0 radical (unpaired) electrons. The van der Waals surface area contributed by atoms with Gasteiger partial charge in [0, 0.05) is 10.9 Å². The highest BCUT2D eigenvalue weighted by atomic mass is 32.2. The molecule has 2 aromatic heterocycles. The first kappa shape index (κ1) is 14.8. The summed E-state index contributed by atoms with van der Waals surface area (Å²) in [7, 11) is 0. The third kappa shape index (κ3) is 2.76. The van der Waals surface area contributed by atoms with E-state index in [4.69, 9.17) is 4.42 Å². The second kappa shape index (κ2) is 6.05. The van der Waals surface area contributed by atoms with Crippen LogP contribution in [0.2, 0.25) is 0 Å². The molecule has 0 fully saturated rings. The standard InChI is InChI=1S/C18H14N4OS/c1-11-7-8-15-14(9-11)17(20-10-19-15)24-18-22-21-16(23-18)13-6-4-3-5-12(13)2/h3-10H,1-2H3. The van der Waals surface area contributed by atoms with Crippen LogP contribution in [0.1, 0.15) is 11.1 Å². The highest BCUT2D eigenvalue weighted by Crippen LogP contribution is 2.32. The molecule has 0 N–H and O–H groups in total. The lowest BCUT2D eigenvalue weighted by Crippen LogP contribution is -1.87. The zero-order chi connectivity index (χ0) is 16.5. The zero-order valence-electron chi connectivity index (χ0n) is 13.2. The van der Waals surface area contributed by atoms with E-state index in [0.29, 0.717) is 11.1 Å². The van der Waals surface area contributed by atoms with Gasteiger partial charge in [-0.25, -0.2) is 9.97 Å². The number of benzene rings is 2. The van der Waals surface area contributed by atoms with Gasteiger partial charge in [-0.05, 0) is 49.4 Å². The molecule has 0 aliphatic rings. The molecule has 0 bridgehead atoms. The molecule has 0 aliphatic heterocycles. The molecule has 4 rings (SSSR count). The molecule has 24 heavy (non-hydrogen) atoms. The number of aryl methyl sites for hydroxylation is 2. The van der Waals surface area contributed by atoms with Gasteiger partial charge in [-0.2, -0.15) is 0 Å². The molecule has 0 amide bonds. The van der Waals surface area contributed by atoms with Gasteiger partial charge in [-0.3, -0.25) is 0 Å². The summed E-state index contributed by atoms with van der Waals surface area (Å²) in [5.41, 5.74) is 4.10. The van der Waals surface area contributed by atoms with Crippen LogP contribution in [0.25, 0.3) is 22.4 Å². The predicted octanol–water partition coefficient (Wildman–Crippen LogP) is 4.45. The first-order valence-corrected chi connectivity index (χ1v) is 8.31. The topological polar surface area (TPSA) is 64.7 Å². The molecule has 0 spiro atoms. The molecule has 6 heteroatoms. The van der Waals surface area contributed by atoms with Gasteiger partial charge in [0.1, 0.15) is 11.4 Å². The summed E-state index contributed by atoms with van der Waals surface area (Å²) in [5.74, 6) is 0.519. The van der Waals surface area contributed by atoms with Gasteiger partial charge < -0.3 is 4.42 Å². The lowest BCUT2D eigenvalue weighted by atomic mass is 10.1. The molecule has 2 heterocycles. The van der Waals surface area contributed by atoms with Crippen LogP contribution in [0.15, 0.2) is 63.5 Å². The summed E-state index contributed by atoms with van der Waals surface area (Å²) >= 11 is 1.36. The van der Waals surface area contributed by atoms with Gasteiger partial charge in [0.25, 0.3) is 5.22 Å². The van der Waals surface area contributed by atoms with Crippen LogP contribution in [0, 0.1) is 13.8 Å². The van der Waals surface area contributed by atoms with Crippen molar-refractivity contribution in [3.63, 3.8) is 0 Å². The van der Waals surface area contributed by atoms with E-state index in [1.165, 1.54) is 11.8 Å². The molecule has 0 saturated heterocycles. The van der Waals surface area contributed by atoms with E-state index >= 15 is 0 Å². The van der Waals surface area contributed by atoms with E-state index in [-0.39, 0.29) is 0 Å². The van der Waals surface area contributed by atoms with Crippen molar-refractivity contribution in [2.24, 2.45) is 0 Å². The molecule has 4 aromatic rings. The minimum atomic E-state index is 0.467. The van der Waals surface area contributed by atoms with Crippen molar-refractivity contribution in [1.82, 2.24) is 20.2 Å². The second-order valence-electron chi connectivity index (χ2n) is 5.49. The van der Waals surface area contributed by atoms with E-state index in [1.807, 2.05) is 50.2 Å². The van der Waals surface area contributed by atoms with Crippen molar-refractivity contribution in [2.75, 3.05) is 0 Å². The third-order valence-electron chi connectivity index (χ3n) is 3.72. The van der Waals surface area contributed by atoms with E-state index < -0.39 is 0 Å². The van der Waals surface area contributed by atoms with Crippen LogP contribution < -0.4 is 0 Å². The molecule has 0 unspecified atom stereocenters. The minimum absolute atomic E-state index is 0.467. The van der Waals surface area contributed by atoms with Crippen molar-refractivity contribution in [1.29, 1.82) is 0 Å². The highest BCUT2D eigenvalue weighted by molar-refractivity contribution is 7.99. The summed E-state index contributed by atoms with van der Waals surface area (Å²) in [4.78, 5) is 8.66. The summed E-state index contributed by atoms with van der Waals surface area (Å²) in [6.07, 6.45) is 1.55. The SMILES string of the molecule is Cc1ccc2ncnc(Sc3nnc(-c4ccccc4C)o3)c2c1. The van der Waals surface area contributed by atoms with Crippen molar-refractivity contribution in [2.45, 2.75) is 24.1 Å². The number of aromatic nitrogens is 4. The summed E-state index contributed by atoms with van der Waals surface area (Å²) in [5, 5.41) is 10.6. The van der Waals surface area contributed by atoms with Crippen LogP contribution in [0.4, 0.5) is 0 Å². The Hall–Kier alpha value is -2.73. The fourth-order valence-electron chi connectivity index (χ4n) is 2.48. The molecule has 0 atom stereocenters. The van der Waals surface area contributed by atoms with Crippen molar-refractivity contribution < 1.29 is 4.42 Å². The molecule has 5 nitrogen and oxygen atoms in total. The van der Waals surface area contributed by atoms with Gasteiger partial charge in [0.15, 0.2) is 0 Å². The van der Waals surface area contributed by atoms with Crippen molar-refractivity contribution >= 4 is 22.7 Å². The highest BCUT2D eigenvalue weighted by Gasteiger charge is 2.14. The maximum absolute atomic E-state index is 5.81. The Morgan fingerprint density at radius 1 is 0.958 bits per heavy atom. The van der Waals surface area contributed by atoms with Crippen LogP contribution in [0.3, 0.4) is 0 Å². The third-order valence-corrected chi connectivity index (χ3v) is 4.58. The number of hydrogen-bond acceptors (Lipinski definition) is 6. The first-order chi connectivity index (χ1) is 11.7. The Morgan fingerprint density at radius 3 is 2.71 bits per heavy atom. The molecular formula is C18H14N4OS. The number of nitrogens with zero attached hydrogens (tertiary/aromatic N) is 4. The van der Waals surface area contributed by atoms with Crippen LogP contribution in [0.5, 0.6) is 0 Å². The van der Waals surface area contributed by atoms with Gasteiger partial charge in [-0.15, -0.1) is 10.2 Å². The quantitative estimate of drug-likeness (QED) is 0.516. The summed E-state index contributed by atoms with van der Waals surface area (Å²) in [6.45, 7) is 4.07. The predicted molar refractivity (Wildman–Crippen MR) is 92.9 cm³/mol. The monoisotopic (exact) mass is 334 g/mol. The average molecular weight is 334 g/mol. The second-order valence-corrected chi connectivity index (χ2v) is 6.43. The Bertz CT molecular complexity index is 1030. The van der Waals surface area contributed by atoms with E-state index in [9.17, 15) is 0 Å². The molecular weight excluding hydrogens is 320 g/mol. The van der Waals surface area contributed by atoms with Gasteiger partial charge in [0.05, 0.1) is 5.52 Å². The maximum atomic E-state index is 5.81. The van der Waals surface area contributed by atoms with Crippen LogP contribution in [-0.2, 0) is 0 Å². The Morgan fingerprint density at radius 2 is 1.83 bits per heavy atom. The minimum Gasteiger partial charge on any atom is -0.411 e. The van der Waals surface area contributed by atoms with Crippen molar-refractivity contribution in [3.05, 3.63) is 59.9 Å². The van der Waals surface area contributed by atoms with Crippen molar-refractivity contribution in [3.8, 4) is 11.5 Å². The normalized spacial score (nSPS) is 11.1. The van der Waals surface area contributed by atoms with E-state index in [0.717, 1.165) is 32.6 Å². The smallest absolute Gasteiger partial charge is 0.283 e. The Balaban J connectivity index is 1.70. The van der Waals surface area contributed by atoms with Crippen LogP contribution in [-0.4, -0.2) is 20.2 Å². The largest absolute Gasteiger partial charge is 0.411 e.